The van der Waals surface area contributed by atoms with Gasteiger partial charge in [0, 0.05) is 30.8 Å². The van der Waals surface area contributed by atoms with Crippen molar-refractivity contribution in [2.45, 2.75) is 106 Å². The molecule has 0 radical (unpaired) electrons. The minimum absolute atomic E-state index is 0.102. The highest BCUT2D eigenvalue weighted by Crippen LogP contribution is 2.31. The van der Waals surface area contributed by atoms with Crippen molar-refractivity contribution in [2.24, 2.45) is 16.5 Å². The molecule has 2 aliphatic rings. The zero-order valence-electron chi connectivity index (χ0n) is 41.9. The van der Waals surface area contributed by atoms with Gasteiger partial charge in [-0.2, -0.15) is 0 Å². The highest BCUT2D eigenvalue weighted by Gasteiger charge is 2.42. The van der Waals surface area contributed by atoms with Crippen LogP contribution in [0.2, 0.25) is 5.15 Å². The number of fused-ring (bicyclic) bond motifs is 1. The van der Waals surface area contributed by atoms with Crippen LogP contribution in [-0.2, 0) is 36.6 Å². The summed E-state index contributed by atoms with van der Waals surface area (Å²) in [7, 11) is 0. The number of aliphatic imine (C=N–C) groups is 1. The third-order valence-corrected chi connectivity index (χ3v) is 13.6. The molecule has 0 saturated carbocycles. The predicted molar refractivity (Wildman–Crippen MR) is 283 cm³/mol. The van der Waals surface area contributed by atoms with Crippen LogP contribution in [0.3, 0.4) is 0 Å². The van der Waals surface area contributed by atoms with Gasteiger partial charge in [-0.3, -0.25) is 24.8 Å². The van der Waals surface area contributed by atoms with E-state index in [1.807, 2.05) is 30.3 Å². The Balaban J connectivity index is 0.939. The van der Waals surface area contributed by atoms with Crippen LogP contribution in [-0.4, -0.2) is 164 Å². The fourth-order valence-corrected chi connectivity index (χ4v) is 9.39. The summed E-state index contributed by atoms with van der Waals surface area (Å²) in [5.74, 6) is -1.67. The first-order chi connectivity index (χ1) is 36.6. The molecule has 1 aromatic heterocycles. The molecule has 2 amide bonds. The summed E-state index contributed by atoms with van der Waals surface area (Å²) in [5.41, 5.74) is 26.5. The predicted octanol–water partition coefficient (Wildman–Crippen LogP) is 0.977. The fourth-order valence-electron chi connectivity index (χ4n) is 9.27. The third kappa shape index (κ3) is 15.6. The lowest BCUT2D eigenvalue weighted by Crippen LogP contribution is -2.56. The molecule has 0 bridgehead atoms. The summed E-state index contributed by atoms with van der Waals surface area (Å²) in [6, 6.07) is 29.4. The van der Waals surface area contributed by atoms with Crippen molar-refractivity contribution in [3.63, 3.8) is 0 Å². The zero-order chi connectivity index (χ0) is 54.3. The highest BCUT2D eigenvalue weighted by atomic mass is 35.5. The molecule has 2 aliphatic heterocycles. The molecule has 23 heteroatoms. The van der Waals surface area contributed by atoms with E-state index in [9.17, 15) is 40.2 Å². The molecule has 7 rings (SSSR count). The number of aryl methyl sites for hydroxylation is 2. The zero-order valence-corrected chi connectivity index (χ0v) is 42.6. The molecule has 22 nitrogen and oxygen atoms in total. The minimum atomic E-state index is -1.60. The Kier molecular flexibility index (Phi) is 21.2. The number of nitrogens with zero attached hydrogens (tertiary/aromatic N) is 4. The Morgan fingerprint density at radius 3 is 1.78 bits per heavy atom. The molecular formula is C53H69ClN10O12. The van der Waals surface area contributed by atoms with Crippen LogP contribution >= 0.6 is 11.6 Å². The van der Waals surface area contributed by atoms with Crippen LogP contribution in [0.15, 0.2) is 102 Å². The maximum atomic E-state index is 12.8. The molecule has 2 saturated heterocycles. The van der Waals surface area contributed by atoms with Gasteiger partial charge in [0.2, 0.25) is 5.91 Å². The van der Waals surface area contributed by atoms with Crippen molar-refractivity contribution < 1.29 is 59.2 Å². The van der Waals surface area contributed by atoms with Gasteiger partial charge in [0.15, 0.2) is 41.0 Å². The van der Waals surface area contributed by atoms with E-state index in [-0.39, 0.29) is 67.8 Å². The number of carbonyl (C=O) groups is 2. The second kappa shape index (κ2) is 27.9. The number of rotatable bonds is 25. The second-order valence-corrected chi connectivity index (χ2v) is 19.3. The van der Waals surface area contributed by atoms with Crippen molar-refractivity contribution in [1.29, 1.82) is 0 Å². The van der Waals surface area contributed by atoms with Crippen molar-refractivity contribution >= 4 is 51.8 Å². The summed E-state index contributed by atoms with van der Waals surface area (Å²) in [5, 5.41) is 75.2. The van der Waals surface area contributed by atoms with E-state index < -0.39 is 79.3 Å². The quantitative estimate of drug-likeness (QED) is 0.0220. The second-order valence-electron chi connectivity index (χ2n) is 18.9. The molecule has 7 unspecified atom stereocenters. The number of aliphatic hydroxyl groups is 6. The average Bonchev–Trinajstić information content (AvgIpc) is 3.42. The van der Waals surface area contributed by atoms with Crippen LogP contribution in [0.5, 0.6) is 0 Å². The van der Waals surface area contributed by atoms with Crippen molar-refractivity contribution in [2.75, 3.05) is 57.4 Å². The number of ether oxygens (including phenoxy) is 4. The first-order valence-electron chi connectivity index (χ1n) is 25.2. The summed E-state index contributed by atoms with van der Waals surface area (Å²) >= 11 is 5.89. The molecule has 16 N–H and O–H groups in total. The van der Waals surface area contributed by atoms with E-state index in [4.69, 9.17) is 53.5 Å². The van der Waals surface area contributed by atoms with E-state index in [0.717, 1.165) is 34.7 Å². The Bertz CT molecular complexity index is 2620. The Morgan fingerprint density at radius 2 is 1.24 bits per heavy atom. The van der Waals surface area contributed by atoms with Gasteiger partial charge >= 0.3 is 0 Å². The number of halogens is 1. The number of aromatic nitrogens is 2. The molecule has 410 valence electrons. The number of hydrogen-bond acceptors (Lipinski definition) is 19. The molecule has 76 heavy (non-hydrogen) atoms. The number of hydrogen-bond donors (Lipinski definition) is 12. The molecule has 5 aromatic rings. The maximum Gasteiger partial charge on any atom is 0.280 e. The van der Waals surface area contributed by atoms with E-state index in [2.05, 4.69) is 43.8 Å². The van der Waals surface area contributed by atoms with Gasteiger partial charge in [-0.1, -0.05) is 109 Å². The standard InChI is InChI=1S/C53H69ClN10O12/c54-46-48(56)62-47(55)41(61-46)50(72)63-53(58)60-23-10-9-12-30-19-20-31(35-18-8-7-17-34(30)35)21-22-36(49(57)71)59-24-11-25-64(26-37(65)42(69)44-39(67)28-73-51(75-44)32-13-3-1-4-14-32)27-38(66)43(70)45-40(68)29-74-52(76-45)33-15-5-2-6-16-33/h1-8,13-20,36-40,42-45,51-52,59,65-70H,9-12,21-29H2,(H2,57,71)(H4,55,56,62)(H3,58,60,63,72)/t36?,37?,38?,39-,40-,42?,43?,44-,45-,51?,52?/m1/s1. The molecule has 3 heterocycles. The number of anilines is 2. The SMILES string of the molecule is NC(=O)C(CCc1ccc(CCCCN=C(N)NC(=O)c2nc(Cl)c(N)nc2N)c2ccccc12)NCCCN(CC(O)C(O)[C@@H]1OC(c2ccccc2)OC[C@H]1O)CC(O)C(O)[C@@H]1OC(c2ccccc2)OC[C@H]1O. The lowest BCUT2D eigenvalue weighted by Gasteiger charge is -2.40. The van der Waals surface area contributed by atoms with Gasteiger partial charge in [-0.15, -0.1) is 0 Å². The summed E-state index contributed by atoms with van der Waals surface area (Å²) in [4.78, 5) is 39.0. The third-order valence-electron chi connectivity index (χ3n) is 13.3. The minimum Gasteiger partial charge on any atom is -0.389 e. The highest BCUT2D eigenvalue weighted by molar-refractivity contribution is 6.31. The number of nitrogens with two attached hydrogens (primary N) is 4. The van der Waals surface area contributed by atoms with Gasteiger partial charge in [0.25, 0.3) is 5.91 Å². The van der Waals surface area contributed by atoms with Gasteiger partial charge < -0.3 is 77.8 Å². The first kappa shape index (κ1) is 57.7. The van der Waals surface area contributed by atoms with E-state index in [1.165, 1.54) is 0 Å². The number of nitrogen functional groups attached to an aromatic ring is 2. The number of unbranched alkanes of at least 4 members (excludes halogenated alkanes) is 1. The Labute approximate surface area is 445 Å². The average molecular weight is 1070 g/mol. The van der Waals surface area contributed by atoms with Crippen LogP contribution in [0.4, 0.5) is 11.6 Å². The topological polar surface area (TPSA) is 362 Å². The van der Waals surface area contributed by atoms with Crippen molar-refractivity contribution in [3.8, 4) is 0 Å². The van der Waals surface area contributed by atoms with Crippen LogP contribution in [0, 0.1) is 0 Å². The van der Waals surface area contributed by atoms with E-state index >= 15 is 0 Å². The van der Waals surface area contributed by atoms with Crippen LogP contribution < -0.4 is 33.6 Å². The summed E-state index contributed by atoms with van der Waals surface area (Å²) in [6.07, 6.45) is -9.59. The number of carbonyl (C=O) groups excluding carboxylic acids is 2. The van der Waals surface area contributed by atoms with Gasteiger partial charge in [0.1, 0.15) is 36.6 Å². The van der Waals surface area contributed by atoms with Gasteiger partial charge in [0.05, 0.1) is 31.5 Å². The number of aliphatic hydroxyl groups excluding tert-OH is 6. The smallest absolute Gasteiger partial charge is 0.280 e. The molecular weight excluding hydrogens is 1000 g/mol. The molecule has 0 spiro atoms. The number of nitrogens with one attached hydrogen (secondary N) is 2. The monoisotopic (exact) mass is 1070 g/mol. The van der Waals surface area contributed by atoms with Crippen molar-refractivity contribution in [1.82, 2.24) is 25.5 Å². The lowest BCUT2D eigenvalue weighted by molar-refractivity contribution is -0.285. The van der Waals surface area contributed by atoms with E-state index in [0.29, 0.717) is 43.4 Å². The summed E-state index contributed by atoms with van der Waals surface area (Å²) in [6.45, 7) is 0.0223. The van der Waals surface area contributed by atoms with Crippen LogP contribution in [0.1, 0.15) is 71.0 Å². The maximum absolute atomic E-state index is 12.8. The summed E-state index contributed by atoms with van der Waals surface area (Å²) < 4.78 is 23.3. The molecule has 11 atom stereocenters. The number of benzene rings is 4. The first-order valence-corrected chi connectivity index (χ1v) is 25.6. The number of amides is 2. The lowest BCUT2D eigenvalue weighted by atomic mass is 9.93. The normalized spacial score (nSPS) is 22.2. The molecule has 0 aliphatic carbocycles. The fraction of sp³-hybridized carbons (Fsp3) is 0.453. The molecule has 2 fully saturated rings. The van der Waals surface area contributed by atoms with Gasteiger partial charge in [-0.05, 0) is 73.5 Å². The van der Waals surface area contributed by atoms with Gasteiger partial charge in [-0.25, -0.2) is 9.97 Å². The Morgan fingerprint density at radius 1 is 0.711 bits per heavy atom. The largest absolute Gasteiger partial charge is 0.389 e. The number of primary amides is 1. The van der Waals surface area contributed by atoms with Crippen LogP contribution in [0.25, 0.3) is 10.8 Å². The van der Waals surface area contributed by atoms with E-state index in [1.54, 1.807) is 53.4 Å². The van der Waals surface area contributed by atoms with Crippen molar-refractivity contribution in [3.05, 3.63) is 130 Å². The molecule has 4 aromatic carbocycles. The Hall–Kier alpha value is -5.96. The number of guanidine groups is 1.